The van der Waals surface area contributed by atoms with Crippen LogP contribution >= 0.6 is 0 Å². The van der Waals surface area contributed by atoms with E-state index in [1.54, 1.807) is 0 Å². The topological polar surface area (TPSA) is 119 Å². The fourth-order valence-electron chi connectivity index (χ4n) is 2.17. The molecular weight excluding hydrogens is 300 g/mol. The van der Waals surface area contributed by atoms with Crippen molar-refractivity contribution in [2.24, 2.45) is 0 Å². The SMILES string of the molecule is O=[N+]([O-])c1ccc(C2CNCCO2)c(S(=O)(=O)CCO)c1. The minimum absolute atomic E-state index is 0.153. The van der Waals surface area contributed by atoms with Gasteiger partial charge in [0.05, 0.1) is 34.9 Å². The Kier molecular flexibility index (Phi) is 4.88. The highest BCUT2D eigenvalue weighted by atomic mass is 32.2. The van der Waals surface area contributed by atoms with Crippen molar-refractivity contribution in [1.82, 2.24) is 5.32 Å². The Bertz CT molecular complexity index is 625. The number of hydrogen-bond donors (Lipinski definition) is 2. The minimum atomic E-state index is -3.81. The summed E-state index contributed by atoms with van der Waals surface area (Å²) in [6.07, 6.45) is -0.483. The van der Waals surface area contributed by atoms with Gasteiger partial charge in [-0.2, -0.15) is 0 Å². The van der Waals surface area contributed by atoms with Gasteiger partial charge < -0.3 is 15.2 Å². The summed E-state index contributed by atoms with van der Waals surface area (Å²) < 4.78 is 29.9. The van der Waals surface area contributed by atoms with E-state index in [0.29, 0.717) is 25.3 Å². The first-order valence-corrected chi connectivity index (χ1v) is 8.05. The molecule has 0 spiro atoms. The third-order valence-electron chi connectivity index (χ3n) is 3.18. The lowest BCUT2D eigenvalue weighted by atomic mass is 10.1. The standard InChI is InChI=1S/C12H16N2O6S/c15-4-6-21(18,19)12-7-9(14(16)17)1-2-10(12)11-8-13-3-5-20-11/h1-2,7,11,13,15H,3-6,8H2. The average molecular weight is 316 g/mol. The zero-order valence-corrected chi connectivity index (χ0v) is 12.0. The molecule has 1 heterocycles. The highest BCUT2D eigenvalue weighted by Gasteiger charge is 2.27. The van der Waals surface area contributed by atoms with Gasteiger partial charge >= 0.3 is 0 Å². The van der Waals surface area contributed by atoms with Crippen LogP contribution in [0.5, 0.6) is 0 Å². The summed E-state index contributed by atoms with van der Waals surface area (Å²) in [5, 5.41) is 22.8. The van der Waals surface area contributed by atoms with Crippen molar-refractivity contribution in [2.45, 2.75) is 11.0 Å². The van der Waals surface area contributed by atoms with Crippen LogP contribution in [0.2, 0.25) is 0 Å². The monoisotopic (exact) mass is 316 g/mol. The zero-order chi connectivity index (χ0) is 15.5. The van der Waals surface area contributed by atoms with Crippen LogP contribution in [0.3, 0.4) is 0 Å². The molecule has 1 unspecified atom stereocenters. The molecule has 1 aromatic carbocycles. The van der Waals surface area contributed by atoms with Crippen molar-refractivity contribution in [3.63, 3.8) is 0 Å². The van der Waals surface area contributed by atoms with Crippen LogP contribution in [-0.2, 0) is 14.6 Å². The number of non-ortho nitro benzene ring substituents is 1. The van der Waals surface area contributed by atoms with Crippen LogP contribution in [0, 0.1) is 10.1 Å². The molecule has 0 radical (unpaired) electrons. The highest BCUT2D eigenvalue weighted by molar-refractivity contribution is 7.91. The van der Waals surface area contributed by atoms with Crippen LogP contribution in [0.1, 0.15) is 11.7 Å². The minimum Gasteiger partial charge on any atom is -0.395 e. The second-order valence-electron chi connectivity index (χ2n) is 4.59. The summed E-state index contributed by atoms with van der Waals surface area (Å²) in [5.41, 5.74) is 0.0697. The highest BCUT2D eigenvalue weighted by Crippen LogP contribution is 2.30. The van der Waals surface area contributed by atoms with Gasteiger partial charge in [-0.25, -0.2) is 8.42 Å². The molecule has 1 aromatic rings. The number of nitro groups is 1. The molecule has 0 amide bonds. The number of nitrogens with one attached hydrogen (secondary N) is 1. The molecule has 9 heteroatoms. The lowest BCUT2D eigenvalue weighted by Crippen LogP contribution is -2.34. The first kappa shape index (κ1) is 15.8. The maximum atomic E-state index is 12.2. The van der Waals surface area contributed by atoms with Crippen LogP contribution in [-0.4, -0.2) is 50.5 Å². The molecule has 0 aliphatic carbocycles. The lowest BCUT2D eigenvalue weighted by molar-refractivity contribution is -0.385. The van der Waals surface area contributed by atoms with Gasteiger partial charge in [0.25, 0.3) is 5.69 Å². The van der Waals surface area contributed by atoms with E-state index < -0.39 is 33.2 Å². The number of nitro benzene ring substituents is 1. The van der Waals surface area contributed by atoms with Crippen molar-refractivity contribution in [3.05, 3.63) is 33.9 Å². The predicted octanol–water partition coefficient (Wildman–Crippen LogP) is 0.0217. The van der Waals surface area contributed by atoms with Crippen molar-refractivity contribution < 1.29 is 23.2 Å². The molecule has 2 N–H and O–H groups in total. The summed E-state index contributed by atoms with van der Waals surface area (Å²) in [4.78, 5) is 10.0. The molecule has 0 saturated carbocycles. The normalized spacial score (nSPS) is 19.4. The number of ether oxygens (including phenoxy) is 1. The molecule has 1 aliphatic heterocycles. The number of sulfone groups is 1. The number of morpholine rings is 1. The number of nitrogens with zero attached hydrogens (tertiary/aromatic N) is 1. The average Bonchev–Trinajstić information content (AvgIpc) is 2.47. The number of benzene rings is 1. The fourth-order valence-corrected chi connectivity index (χ4v) is 3.49. The van der Waals surface area contributed by atoms with Gasteiger partial charge in [-0.1, -0.05) is 0 Å². The Morgan fingerprint density at radius 3 is 2.81 bits per heavy atom. The Morgan fingerprint density at radius 2 is 2.24 bits per heavy atom. The Balaban J connectivity index is 2.50. The van der Waals surface area contributed by atoms with Gasteiger partial charge in [-0.15, -0.1) is 0 Å². The first-order valence-electron chi connectivity index (χ1n) is 6.40. The maximum Gasteiger partial charge on any atom is 0.270 e. The molecule has 0 bridgehead atoms. The summed E-state index contributed by atoms with van der Waals surface area (Å²) in [6.45, 7) is 0.983. The predicted molar refractivity (Wildman–Crippen MR) is 73.8 cm³/mol. The van der Waals surface area contributed by atoms with Gasteiger partial charge in [-0.3, -0.25) is 10.1 Å². The van der Waals surface area contributed by atoms with E-state index >= 15 is 0 Å². The van der Waals surface area contributed by atoms with Gasteiger partial charge in [0, 0.05) is 30.8 Å². The van der Waals surface area contributed by atoms with Crippen LogP contribution in [0.4, 0.5) is 5.69 Å². The Morgan fingerprint density at radius 1 is 1.48 bits per heavy atom. The lowest BCUT2D eigenvalue weighted by Gasteiger charge is -2.25. The van der Waals surface area contributed by atoms with Crippen molar-refractivity contribution in [3.8, 4) is 0 Å². The second-order valence-corrected chi connectivity index (χ2v) is 6.66. The van der Waals surface area contributed by atoms with Crippen LogP contribution in [0.15, 0.2) is 23.1 Å². The zero-order valence-electron chi connectivity index (χ0n) is 11.2. The van der Waals surface area contributed by atoms with E-state index in [1.165, 1.54) is 12.1 Å². The molecule has 21 heavy (non-hydrogen) atoms. The van der Waals surface area contributed by atoms with E-state index in [9.17, 15) is 18.5 Å². The third-order valence-corrected chi connectivity index (χ3v) is 4.92. The molecule has 2 rings (SSSR count). The Labute approximate surface area is 121 Å². The third kappa shape index (κ3) is 3.56. The molecule has 116 valence electrons. The van der Waals surface area contributed by atoms with E-state index in [4.69, 9.17) is 9.84 Å². The number of aliphatic hydroxyl groups is 1. The van der Waals surface area contributed by atoms with Gasteiger partial charge in [0.2, 0.25) is 0 Å². The van der Waals surface area contributed by atoms with Crippen LogP contribution < -0.4 is 5.32 Å². The molecular formula is C12H16N2O6S. The summed E-state index contributed by atoms with van der Waals surface area (Å²) in [5.74, 6) is -0.485. The van der Waals surface area contributed by atoms with Gasteiger partial charge in [0.1, 0.15) is 0 Å². The van der Waals surface area contributed by atoms with Crippen molar-refractivity contribution in [1.29, 1.82) is 0 Å². The van der Waals surface area contributed by atoms with Crippen molar-refractivity contribution >= 4 is 15.5 Å². The van der Waals surface area contributed by atoms with E-state index in [2.05, 4.69) is 5.32 Å². The fraction of sp³-hybridized carbons (Fsp3) is 0.500. The van der Waals surface area contributed by atoms with Gasteiger partial charge in [-0.05, 0) is 6.07 Å². The number of hydrogen-bond acceptors (Lipinski definition) is 7. The quantitative estimate of drug-likeness (QED) is 0.580. The molecule has 1 saturated heterocycles. The molecule has 8 nitrogen and oxygen atoms in total. The molecule has 1 atom stereocenters. The van der Waals surface area contributed by atoms with Gasteiger partial charge in [0.15, 0.2) is 9.84 Å². The summed E-state index contributed by atoms with van der Waals surface area (Å²) in [6, 6.07) is 3.68. The molecule has 0 aromatic heterocycles. The summed E-state index contributed by atoms with van der Waals surface area (Å²) in [7, 11) is -3.81. The first-order chi connectivity index (χ1) is 9.95. The van der Waals surface area contributed by atoms with Crippen molar-refractivity contribution in [2.75, 3.05) is 32.1 Å². The van der Waals surface area contributed by atoms with E-state index in [-0.39, 0.29) is 10.6 Å². The largest absolute Gasteiger partial charge is 0.395 e. The molecule has 1 aliphatic rings. The number of aliphatic hydroxyl groups excluding tert-OH is 1. The maximum absolute atomic E-state index is 12.2. The molecule has 1 fully saturated rings. The smallest absolute Gasteiger partial charge is 0.270 e. The second kappa shape index (κ2) is 6.48. The van der Waals surface area contributed by atoms with E-state index in [1.807, 2.05) is 0 Å². The van der Waals surface area contributed by atoms with E-state index in [0.717, 1.165) is 6.07 Å². The number of rotatable bonds is 5. The summed E-state index contributed by atoms with van der Waals surface area (Å²) >= 11 is 0. The Hall–Kier alpha value is -1.55. The van der Waals surface area contributed by atoms with Crippen LogP contribution in [0.25, 0.3) is 0 Å².